The molecule has 1 atom stereocenters. The maximum Gasteiger partial charge on any atom is 0.129 e. The van der Waals surface area contributed by atoms with Crippen LogP contribution in [0.1, 0.15) is 37.4 Å². The summed E-state index contributed by atoms with van der Waals surface area (Å²) in [6.07, 6.45) is 6.28. The number of fused-ring (bicyclic) bond motifs is 1. The van der Waals surface area contributed by atoms with E-state index in [1.54, 1.807) is 0 Å². The van der Waals surface area contributed by atoms with Crippen LogP contribution in [0.5, 0.6) is 0 Å². The second kappa shape index (κ2) is 5.91. The zero-order valence-electron chi connectivity index (χ0n) is 12.0. The third-order valence-corrected chi connectivity index (χ3v) is 4.50. The third kappa shape index (κ3) is 3.08. The molecule has 1 fully saturated rings. The lowest BCUT2D eigenvalue weighted by Gasteiger charge is -2.31. The van der Waals surface area contributed by atoms with E-state index in [9.17, 15) is 0 Å². The first-order valence-corrected chi connectivity index (χ1v) is 7.80. The van der Waals surface area contributed by atoms with E-state index in [1.165, 1.54) is 56.6 Å². The molecule has 0 radical (unpaired) electrons. The molecule has 2 aliphatic heterocycles. The van der Waals surface area contributed by atoms with Crippen molar-refractivity contribution < 1.29 is 0 Å². The Morgan fingerprint density at radius 1 is 1.37 bits per heavy atom. The fraction of sp³-hybridized carbons (Fsp3) is 0.688. The Kier molecular flexibility index (Phi) is 4.02. The molecule has 3 rings (SSSR count). The van der Waals surface area contributed by atoms with E-state index < -0.39 is 0 Å². The molecule has 0 saturated carbocycles. The molecule has 0 bridgehead atoms. The first-order chi connectivity index (χ1) is 9.35. The van der Waals surface area contributed by atoms with E-state index >= 15 is 0 Å². The Hall–Kier alpha value is -1.09. The van der Waals surface area contributed by atoms with Gasteiger partial charge >= 0.3 is 0 Å². The van der Waals surface area contributed by atoms with E-state index in [4.69, 9.17) is 4.98 Å². The number of rotatable bonds is 3. The lowest BCUT2D eigenvalue weighted by molar-refractivity contribution is 0.181. The highest BCUT2D eigenvalue weighted by Gasteiger charge is 2.20. The lowest BCUT2D eigenvalue weighted by atomic mass is 9.93. The molecule has 2 aliphatic rings. The molecule has 0 amide bonds. The largest absolute Gasteiger partial charge is 0.370 e. The minimum absolute atomic E-state index is 0.794. The summed E-state index contributed by atoms with van der Waals surface area (Å²) in [5.74, 6) is 1.94. The van der Waals surface area contributed by atoms with Crippen LogP contribution in [0.15, 0.2) is 12.1 Å². The van der Waals surface area contributed by atoms with Crippen LogP contribution in [0, 0.1) is 5.92 Å². The second-order valence-electron chi connectivity index (χ2n) is 5.95. The van der Waals surface area contributed by atoms with Gasteiger partial charge in [0.2, 0.25) is 0 Å². The molecule has 1 unspecified atom stereocenters. The first kappa shape index (κ1) is 12.9. The predicted molar refractivity (Wildman–Crippen MR) is 79.6 cm³/mol. The van der Waals surface area contributed by atoms with Crippen molar-refractivity contribution in [2.45, 2.75) is 39.0 Å². The molecule has 1 saturated heterocycles. The van der Waals surface area contributed by atoms with Crippen molar-refractivity contribution in [2.75, 3.05) is 31.5 Å². The molecule has 1 aromatic heterocycles. The number of piperidine rings is 1. The lowest BCUT2D eigenvalue weighted by Crippen LogP contribution is -2.36. The van der Waals surface area contributed by atoms with Crippen LogP contribution in [-0.2, 0) is 12.8 Å². The number of nitrogens with one attached hydrogen (secondary N) is 1. The first-order valence-electron chi connectivity index (χ1n) is 7.80. The molecule has 3 heterocycles. The van der Waals surface area contributed by atoms with Gasteiger partial charge in [-0.3, -0.25) is 0 Å². The average molecular weight is 259 g/mol. The van der Waals surface area contributed by atoms with Crippen molar-refractivity contribution in [2.24, 2.45) is 5.92 Å². The summed E-state index contributed by atoms with van der Waals surface area (Å²) in [6, 6.07) is 4.53. The maximum absolute atomic E-state index is 4.83. The van der Waals surface area contributed by atoms with Gasteiger partial charge in [-0.15, -0.1) is 0 Å². The molecule has 1 aromatic rings. The van der Waals surface area contributed by atoms with Crippen LogP contribution < -0.4 is 5.32 Å². The van der Waals surface area contributed by atoms with E-state index in [-0.39, 0.29) is 0 Å². The second-order valence-corrected chi connectivity index (χ2v) is 5.95. The van der Waals surface area contributed by atoms with Gasteiger partial charge in [-0.1, -0.05) is 13.0 Å². The van der Waals surface area contributed by atoms with Crippen molar-refractivity contribution in [1.82, 2.24) is 9.88 Å². The van der Waals surface area contributed by atoms with Gasteiger partial charge < -0.3 is 10.2 Å². The number of nitrogens with zero attached hydrogens (tertiary/aromatic N) is 2. The number of likely N-dealkylation sites (tertiary alicyclic amines) is 1. The number of pyridine rings is 1. The number of hydrogen-bond donors (Lipinski definition) is 1. The van der Waals surface area contributed by atoms with Crippen molar-refractivity contribution in [3.63, 3.8) is 0 Å². The predicted octanol–water partition coefficient (Wildman–Crippen LogP) is 2.71. The molecule has 1 N–H and O–H groups in total. The highest BCUT2D eigenvalue weighted by molar-refractivity contribution is 5.47. The molecule has 0 spiro atoms. The number of aryl methyl sites for hydroxylation is 1. The molecule has 3 nitrogen and oxygen atoms in total. The quantitative estimate of drug-likeness (QED) is 0.904. The Labute approximate surface area is 116 Å². The Balaban J connectivity index is 1.66. The van der Waals surface area contributed by atoms with Crippen molar-refractivity contribution >= 4 is 5.82 Å². The molecule has 3 heteroatoms. The Morgan fingerprint density at radius 2 is 2.32 bits per heavy atom. The van der Waals surface area contributed by atoms with Gasteiger partial charge in [-0.2, -0.15) is 0 Å². The fourth-order valence-electron chi connectivity index (χ4n) is 3.38. The fourth-order valence-corrected chi connectivity index (χ4v) is 3.38. The summed E-state index contributed by atoms with van der Waals surface area (Å²) in [4.78, 5) is 7.40. The van der Waals surface area contributed by atoms with Crippen molar-refractivity contribution in [3.05, 3.63) is 23.4 Å². The minimum Gasteiger partial charge on any atom is -0.370 e. The topological polar surface area (TPSA) is 28.2 Å². The summed E-state index contributed by atoms with van der Waals surface area (Å²) < 4.78 is 0. The van der Waals surface area contributed by atoms with Crippen LogP contribution in [0.4, 0.5) is 5.82 Å². The van der Waals surface area contributed by atoms with Crippen LogP contribution >= 0.6 is 0 Å². The van der Waals surface area contributed by atoms with Gasteiger partial charge in [0.05, 0.1) is 0 Å². The summed E-state index contributed by atoms with van der Waals surface area (Å²) >= 11 is 0. The smallest absolute Gasteiger partial charge is 0.129 e. The van der Waals surface area contributed by atoms with Gasteiger partial charge in [-0.25, -0.2) is 4.98 Å². The van der Waals surface area contributed by atoms with E-state index in [0.29, 0.717) is 0 Å². The highest BCUT2D eigenvalue weighted by atomic mass is 15.1. The van der Waals surface area contributed by atoms with Gasteiger partial charge in [0.1, 0.15) is 5.82 Å². The summed E-state index contributed by atoms with van der Waals surface area (Å²) in [6.45, 7) is 7.07. The van der Waals surface area contributed by atoms with Crippen LogP contribution in [0.2, 0.25) is 0 Å². The summed E-state index contributed by atoms with van der Waals surface area (Å²) in [5.41, 5.74) is 2.67. The standard InChI is InChI=1S/C16H25N3/c1-2-19-10-4-5-13(12-19)11-15-8-7-14-6-3-9-17-16(14)18-15/h7-8,13H,2-6,9-12H2,1H3,(H,17,18). The molecular formula is C16H25N3. The minimum atomic E-state index is 0.794. The molecular weight excluding hydrogens is 234 g/mol. The SMILES string of the molecule is CCN1CCCC(Cc2ccc3c(n2)NCCC3)C1. The van der Waals surface area contributed by atoms with Gasteiger partial charge in [0, 0.05) is 18.8 Å². The highest BCUT2D eigenvalue weighted by Crippen LogP contribution is 2.23. The van der Waals surface area contributed by atoms with Crippen molar-refractivity contribution in [3.8, 4) is 0 Å². The Morgan fingerprint density at radius 3 is 3.21 bits per heavy atom. The molecule has 0 aliphatic carbocycles. The third-order valence-electron chi connectivity index (χ3n) is 4.50. The maximum atomic E-state index is 4.83. The van der Waals surface area contributed by atoms with Crippen LogP contribution in [0.25, 0.3) is 0 Å². The molecule has 0 aromatic carbocycles. The van der Waals surface area contributed by atoms with Gasteiger partial charge in [0.25, 0.3) is 0 Å². The zero-order chi connectivity index (χ0) is 13.1. The van der Waals surface area contributed by atoms with Crippen LogP contribution in [0.3, 0.4) is 0 Å². The van der Waals surface area contributed by atoms with Gasteiger partial charge in [0.15, 0.2) is 0 Å². The molecule has 104 valence electrons. The van der Waals surface area contributed by atoms with E-state index in [1.807, 2.05) is 0 Å². The number of anilines is 1. The average Bonchev–Trinajstić information content (AvgIpc) is 2.47. The number of aromatic nitrogens is 1. The summed E-state index contributed by atoms with van der Waals surface area (Å²) in [5, 5.41) is 3.44. The number of hydrogen-bond acceptors (Lipinski definition) is 3. The summed E-state index contributed by atoms with van der Waals surface area (Å²) in [7, 11) is 0. The molecule has 19 heavy (non-hydrogen) atoms. The van der Waals surface area contributed by atoms with Crippen LogP contribution in [-0.4, -0.2) is 36.1 Å². The van der Waals surface area contributed by atoms with E-state index in [0.717, 1.165) is 24.7 Å². The van der Waals surface area contributed by atoms with Crippen molar-refractivity contribution in [1.29, 1.82) is 0 Å². The van der Waals surface area contributed by atoms with E-state index in [2.05, 4.69) is 29.3 Å². The normalized spacial score (nSPS) is 23.7. The van der Waals surface area contributed by atoms with Gasteiger partial charge in [-0.05, 0) is 62.7 Å². The monoisotopic (exact) mass is 259 g/mol. The zero-order valence-corrected chi connectivity index (χ0v) is 12.0. The Bertz CT molecular complexity index is 430.